The fraction of sp³-hybridized carbons (Fsp3) is 0.692. The molecule has 1 aliphatic rings. The average molecular weight is 250 g/mol. The van der Waals surface area contributed by atoms with Gasteiger partial charge in [-0.15, -0.1) is 0 Å². The molecule has 0 radical (unpaired) electrons. The van der Waals surface area contributed by atoms with E-state index in [2.05, 4.69) is 15.4 Å². The van der Waals surface area contributed by atoms with Crippen molar-refractivity contribution in [3.05, 3.63) is 17.6 Å². The summed E-state index contributed by atoms with van der Waals surface area (Å²) in [6.45, 7) is 0.738. The zero-order valence-corrected chi connectivity index (χ0v) is 11.0. The van der Waals surface area contributed by atoms with Crippen LogP contribution in [0.3, 0.4) is 0 Å². The molecule has 1 heterocycles. The molecule has 1 aliphatic carbocycles. The van der Waals surface area contributed by atoms with E-state index >= 15 is 0 Å². The van der Waals surface area contributed by atoms with Gasteiger partial charge in [-0.25, -0.2) is 15.8 Å². The predicted octanol–water partition coefficient (Wildman–Crippen LogP) is 2.00. The number of anilines is 1. The zero-order valence-electron chi connectivity index (χ0n) is 11.0. The number of ether oxygens (including phenoxy) is 1. The van der Waals surface area contributed by atoms with Crippen molar-refractivity contribution in [3.8, 4) is 0 Å². The van der Waals surface area contributed by atoms with Gasteiger partial charge in [0.05, 0.1) is 0 Å². The first-order chi connectivity index (χ1) is 8.83. The number of nitrogen functional groups attached to an aromatic ring is 1. The molecule has 18 heavy (non-hydrogen) atoms. The van der Waals surface area contributed by atoms with Gasteiger partial charge in [-0.05, 0) is 19.3 Å². The summed E-state index contributed by atoms with van der Waals surface area (Å²) in [5.41, 5.74) is 3.78. The van der Waals surface area contributed by atoms with Crippen molar-refractivity contribution in [3.63, 3.8) is 0 Å². The lowest BCUT2D eigenvalue weighted by Gasteiger charge is -2.12. The molecule has 0 amide bonds. The van der Waals surface area contributed by atoms with Gasteiger partial charge in [0.15, 0.2) is 0 Å². The highest BCUT2D eigenvalue weighted by atomic mass is 16.5. The molecule has 1 saturated carbocycles. The minimum Gasteiger partial charge on any atom is -0.385 e. The van der Waals surface area contributed by atoms with E-state index in [-0.39, 0.29) is 0 Å². The van der Waals surface area contributed by atoms with Crippen LogP contribution < -0.4 is 11.3 Å². The molecule has 0 aliphatic heterocycles. The van der Waals surface area contributed by atoms with Crippen LogP contribution in [0.4, 0.5) is 5.82 Å². The topological polar surface area (TPSA) is 73.1 Å². The van der Waals surface area contributed by atoms with Crippen molar-refractivity contribution in [2.45, 2.75) is 44.4 Å². The maximum absolute atomic E-state index is 5.48. The van der Waals surface area contributed by atoms with Crippen LogP contribution in [-0.2, 0) is 11.2 Å². The monoisotopic (exact) mass is 250 g/mol. The standard InChI is InChI=1S/C13H22N4O/c1-18-8-4-7-12-15-11(9-13(16-12)17-14)10-5-2-3-6-10/h9-10H,2-8,14H2,1H3,(H,15,16,17). The van der Waals surface area contributed by atoms with Gasteiger partial charge in [0.25, 0.3) is 0 Å². The second kappa shape index (κ2) is 6.66. The van der Waals surface area contributed by atoms with Crippen LogP contribution in [0.15, 0.2) is 6.07 Å². The largest absolute Gasteiger partial charge is 0.385 e. The molecule has 1 aromatic heterocycles. The summed E-state index contributed by atoms with van der Waals surface area (Å²) >= 11 is 0. The third-order valence-corrected chi connectivity index (χ3v) is 3.46. The van der Waals surface area contributed by atoms with Gasteiger partial charge in [0.1, 0.15) is 11.6 Å². The van der Waals surface area contributed by atoms with E-state index in [1.54, 1.807) is 7.11 Å². The Morgan fingerprint density at radius 3 is 2.83 bits per heavy atom. The maximum Gasteiger partial charge on any atom is 0.143 e. The highest BCUT2D eigenvalue weighted by molar-refractivity contribution is 5.35. The van der Waals surface area contributed by atoms with Gasteiger partial charge in [-0.2, -0.15) is 0 Å². The molecule has 1 aromatic rings. The number of methoxy groups -OCH3 is 1. The number of aryl methyl sites for hydroxylation is 1. The number of hydrazine groups is 1. The van der Waals surface area contributed by atoms with Gasteiger partial charge in [0.2, 0.25) is 0 Å². The normalized spacial score (nSPS) is 16.1. The summed E-state index contributed by atoms with van der Waals surface area (Å²) in [6, 6.07) is 1.98. The third-order valence-electron chi connectivity index (χ3n) is 3.46. The van der Waals surface area contributed by atoms with E-state index in [0.717, 1.165) is 36.8 Å². The molecular weight excluding hydrogens is 228 g/mol. The lowest BCUT2D eigenvalue weighted by Crippen LogP contribution is -2.13. The Kier molecular flexibility index (Phi) is 4.90. The van der Waals surface area contributed by atoms with E-state index in [9.17, 15) is 0 Å². The molecule has 2 rings (SSSR count). The van der Waals surface area contributed by atoms with Crippen LogP contribution in [0, 0.1) is 0 Å². The molecule has 0 atom stereocenters. The van der Waals surface area contributed by atoms with Crippen LogP contribution in [0.5, 0.6) is 0 Å². The number of nitrogens with one attached hydrogen (secondary N) is 1. The minimum absolute atomic E-state index is 0.585. The van der Waals surface area contributed by atoms with Crippen molar-refractivity contribution in [2.75, 3.05) is 19.1 Å². The van der Waals surface area contributed by atoms with Crippen molar-refractivity contribution >= 4 is 5.82 Å². The molecule has 0 unspecified atom stereocenters. The van der Waals surface area contributed by atoms with Gasteiger partial charge >= 0.3 is 0 Å². The molecule has 0 saturated heterocycles. The quantitative estimate of drug-likeness (QED) is 0.459. The Balaban J connectivity index is 2.10. The number of hydrogen-bond donors (Lipinski definition) is 2. The Morgan fingerprint density at radius 1 is 1.39 bits per heavy atom. The first-order valence-electron chi connectivity index (χ1n) is 6.67. The summed E-state index contributed by atoms with van der Waals surface area (Å²) in [5.74, 6) is 7.65. The van der Waals surface area contributed by atoms with E-state index in [1.165, 1.54) is 25.7 Å². The van der Waals surface area contributed by atoms with Crippen LogP contribution in [0.2, 0.25) is 0 Å². The van der Waals surface area contributed by atoms with E-state index in [4.69, 9.17) is 10.6 Å². The summed E-state index contributed by atoms with van der Waals surface area (Å²) in [6.07, 6.45) is 6.85. The molecule has 3 N–H and O–H groups in total. The molecular formula is C13H22N4O. The first-order valence-corrected chi connectivity index (χ1v) is 6.67. The Bertz CT molecular complexity index is 377. The SMILES string of the molecule is COCCCc1nc(NN)cc(C2CCCC2)n1. The number of rotatable bonds is 6. The van der Waals surface area contributed by atoms with Gasteiger partial charge in [0, 0.05) is 37.8 Å². The van der Waals surface area contributed by atoms with Gasteiger partial charge in [-0.1, -0.05) is 12.8 Å². The lowest BCUT2D eigenvalue weighted by molar-refractivity contribution is 0.194. The summed E-state index contributed by atoms with van der Waals surface area (Å²) in [5, 5.41) is 0. The smallest absolute Gasteiger partial charge is 0.143 e. The predicted molar refractivity (Wildman–Crippen MR) is 71.2 cm³/mol. The fourth-order valence-electron chi connectivity index (χ4n) is 2.51. The Morgan fingerprint density at radius 2 is 2.17 bits per heavy atom. The second-order valence-electron chi connectivity index (χ2n) is 4.82. The maximum atomic E-state index is 5.48. The van der Waals surface area contributed by atoms with Gasteiger partial charge < -0.3 is 10.2 Å². The first kappa shape index (κ1) is 13.2. The van der Waals surface area contributed by atoms with Crippen LogP contribution in [0.25, 0.3) is 0 Å². The number of nitrogens with zero attached hydrogens (tertiary/aromatic N) is 2. The molecule has 5 heteroatoms. The van der Waals surface area contributed by atoms with Crippen molar-refractivity contribution < 1.29 is 4.74 Å². The molecule has 0 spiro atoms. The minimum atomic E-state index is 0.585. The highest BCUT2D eigenvalue weighted by Gasteiger charge is 2.19. The number of aromatic nitrogens is 2. The molecule has 100 valence electrons. The molecule has 0 aromatic carbocycles. The van der Waals surface area contributed by atoms with E-state index in [0.29, 0.717) is 5.92 Å². The molecule has 1 fully saturated rings. The van der Waals surface area contributed by atoms with Crippen molar-refractivity contribution in [2.24, 2.45) is 5.84 Å². The molecule has 0 bridgehead atoms. The van der Waals surface area contributed by atoms with Gasteiger partial charge in [-0.3, -0.25) is 0 Å². The fourth-order valence-corrected chi connectivity index (χ4v) is 2.51. The summed E-state index contributed by atoms with van der Waals surface area (Å²) < 4.78 is 5.05. The highest BCUT2D eigenvalue weighted by Crippen LogP contribution is 2.33. The number of hydrogen-bond acceptors (Lipinski definition) is 5. The van der Waals surface area contributed by atoms with Crippen molar-refractivity contribution in [1.82, 2.24) is 9.97 Å². The van der Waals surface area contributed by atoms with Crippen LogP contribution in [0.1, 0.15) is 49.5 Å². The van der Waals surface area contributed by atoms with Crippen LogP contribution >= 0.6 is 0 Å². The Hall–Kier alpha value is -1.20. The van der Waals surface area contributed by atoms with Crippen molar-refractivity contribution in [1.29, 1.82) is 0 Å². The van der Waals surface area contributed by atoms with E-state index < -0.39 is 0 Å². The average Bonchev–Trinajstić information content (AvgIpc) is 2.92. The zero-order chi connectivity index (χ0) is 12.8. The Labute approximate surface area is 108 Å². The summed E-state index contributed by atoms with van der Waals surface area (Å²) in [7, 11) is 1.71. The van der Waals surface area contributed by atoms with Crippen LogP contribution in [-0.4, -0.2) is 23.7 Å². The summed E-state index contributed by atoms with van der Waals surface area (Å²) in [4.78, 5) is 9.07. The second-order valence-corrected chi connectivity index (χ2v) is 4.82. The lowest BCUT2D eigenvalue weighted by atomic mass is 10.0. The van der Waals surface area contributed by atoms with E-state index in [1.807, 2.05) is 6.07 Å². The number of nitrogens with two attached hydrogens (primary N) is 1. The molecule has 5 nitrogen and oxygen atoms in total. The third kappa shape index (κ3) is 3.40.